The fourth-order valence-corrected chi connectivity index (χ4v) is 6.67. The van der Waals surface area contributed by atoms with Gasteiger partial charge < -0.3 is 64.2 Å². The van der Waals surface area contributed by atoms with Crippen molar-refractivity contribution in [2.75, 3.05) is 33.0 Å². The molecular weight excluding hydrogens is 716 g/mol. The van der Waals surface area contributed by atoms with Gasteiger partial charge in [-0.2, -0.15) is 0 Å². The van der Waals surface area contributed by atoms with Crippen molar-refractivity contribution in [3.8, 4) is 0 Å². The minimum Gasteiger partial charge on any atom is -0.457 e. The predicted molar refractivity (Wildman–Crippen MR) is 206 cm³/mol. The van der Waals surface area contributed by atoms with Crippen LogP contribution in [0.4, 0.5) is 0 Å². The highest BCUT2D eigenvalue weighted by atomic mass is 16.7. The first kappa shape index (κ1) is 49.9. The highest BCUT2D eigenvalue weighted by molar-refractivity contribution is 5.69. The zero-order valence-corrected chi connectivity index (χ0v) is 33.7. The van der Waals surface area contributed by atoms with Gasteiger partial charge >= 0.3 is 5.97 Å². The maximum atomic E-state index is 12.5. The first-order chi connectivity index (χ1) is 26.6. The van der Waals surface area contributed by atoms with Gasteiger partial charge in [0.25, 0.3) is 0 Å². The number of hydrogen-bond acceptors (Lipinski definition) is 14. The summed E-state index contributed by atoms with van der Waals surface area (Å²) in [6.45, 7) is 3.41. The molecule has 2 fully saturated rings. The molecule has 0 aliphatic carbocycles. The zero-order chi connectivity index (χ0) is 40.3. The van der Waals surface area contributed by atoms with Gasteiger partial charge in [-0.1, -0.05) is 109 Å². The third-order valence-electron chi connectivity index (χ3n) is 10.3. The van der Waals surface area contributed by atoms with Crippen LogP contribution in [-0.4, -0.2) is 142 Å². The van der Waals surface area contributed by atoms with E-state index in [4.69, 9.17) is 28.4 Å². The van der Waals surface area contributed by atoms with Gasteiger partial charge in [-0.05, 0) is 38.5 Å². The van der Waals surface area contributed by atoms with E-state index in [-0.39, 0.29) is 19.6 Å². The van der Waals surface area contributed by atoms with Crippen LogP contribution in [0, 0.1) is 0 Å². The second kappa shape index (κ2) is 30.8. The lowest BCUT2D eigenvalue weighted by atomic mass is 9.98. The summed E-state index contributed by atoms with van der Waals surface area (Å²) in [6.07, 6.45) is 11.4. The molecule has 0 amide bonds. The summed E-state index contributed by atoms with van der Waals surface area (Å²) in [5.41, 5.74) is 0. The average Bonchev–Trinajstić information content (AvgIpc) is 3.18. The molecule has 7 N–H and O–H groups in total. The van der Waals surface area contributed by atoms with Crippen LogP contribution in [0.5, 0.6) is 0 Å². The number of rotatable bonds is 32. The Labute approximate surface area is 329 Å². The van der Waals surface area contributed by atoms with E-state index in [2.05, 4.69) is 19.1 Å². The second-order valence-corrected chi connectivity index (χ2v) is 15.2. The van der Waals surface area contributed by atoms with E-state index in [1.807, 2.05) is 6.92 Å². The molecular formula is C41H76O14. The summed E-state index contributed by atoms with van der Waals surface area (Å²) in [7, 11) is 0. The molecule has 11 atom stereocenters. The molecule has 2 saturated heterocycles. The monoisotopic (exact) mass is 793 g/mol. The molecule has 0 bridgehead atoms. The van der Waals surface area contributed by atoms with E-state index in [0.717, 1.165) is 25.7 Å². The molecule has 324 valence electrons. The van der Waals surface area contributed by atoms with Gasteiger partial charge in [0.05, 0.1) is 26.4 Å². The Bertz CT molecular complexity index is 969. The Kier molecular flexibility index (Phi) is 27.9. The predicted octanol–water partition coefficient (Wildman–Crippen LogP) is 3.95. The summed E-state index contributed by atoms with van der Waals surface area (Å²) in [5.74, 6) is -0.412. The fourth-order valence-electron chi connectivity index (χ4n) is 6.67. The summed E-state index contributed by atoms with van der Waals surface area (Å²) in [4.78, 5) is 12.5. The highest BCUT2D eigenvalue weighted by Gasteiger charge is 2.47. The number of esters is 1. The molecule has 0 aromatic rings. The number of unbranched alkanes of at least 4 members (excludes halogenated alkanes) is 16. The van der Waals surface area contributed by atoms with Crippen LogP contribution < -0.4 is 0 Å². The van der Waals surface area contributed by atoms with Gasteiger partial charge in [0.2, 0.25) is 0 Å². The lowest BCUT2D eigenvalue weighted by Gasteiger charge is -2.42. The summed E-state index contributed by atoms with van der Waals surface area (Å²) in [5, 5.41) is 71.3. The largest absolute Gasteiger partial charge is 0.457 e. The van der Waals surface area contributed by atoms with Crippen LogP contribution in [0.2, 0.25) is 0 Å². The van der Waals surface area contributed by atoms with Crippen molar-refractivity contribution in [2.45, 2.75) is 210 Å². The van der Waals surface area contributed by atoms with Crippen LogP contribution in [0.15, 0.2) is 12.2 Å². The number of aliphatic hydroxyl groups is 7. The second-order valence-electron chi connectivity index (χ2n) is 15.2. The maximum Gasteiger partial charge on any atom is 0.306 e. The first-order valence-corrected chi connectivity index (χ1v) is 21.3. The number of carbonyl (C=O) groups is 1. The van der Waals surface area contributed by atoms with E-state index in [1.54, 1.807) is 0 Å². The van der Waals surface area contributed by atoms with Gasteiger partial charge in [0, 0.05) is 13.0 Å². The molecule has 2 heterocycles. The van der Waals surface area contributed by atoms with Crippen molar-refractivity contribution >= 4 is 5.97 Å². The number of hydrogen-bond donors (Lipinski definition) is 7. The van der Waals surface area contributed by atoms with Crippen LogP contribution in [0.1, 0.15) is 142 Å². The quantitative estimate of drug-likeness (QED) is 0.0292. The van der Waals surface area contributed by atoms with Crippen molar-refractivity contribution < 1.29 is 69.0 Å². The lowest BCUT2D eigenvalue weighted by Crippen LogP contribution is -2.61. The van der Waals surface area contributed by atoms with E-state index in [9.17, 15) is 40.5 Å². The van der Waals surface area contributed by atoms with E-state index in [1.165, 1.54) is 89.9 Å². The highest BCUT2D eigenvalue weighted by Crippen LogP contribution is 2.26. The van der Waals surface area contributed by atoms with Crippen LogP contribution in [-0.2, 0) is 33.2 Å². The molecule has 14 nitrogen and oxygen atoms in total. The van der Waals surface area contributed by atoms with Crippen LogP contribution in [0.3, 0.4) is 0 Å². The normalized spacial score (nSPS) is 29.2. The molecule has 0 radical (unpaired) electrons. The molecule has 2 rings (SSSR count). The SMILES string of the molecule is CCCCCCCCC/C=C\CCCCCCCCCCOCC(COC1OC(COC2OC(CO)C(O)C(O)C2O)C(O)C(O)C1O)OC(=O)CCCC. The van der Waals surface area contributed by atoms with Gasteiger partial charge in [0.1, 0.15) is 54.9 Å². The van der Waals surface area contributed by atoms with E-state index in [0.29, 0.717) is 13.0 Å². The number of aliphatic hydroxyl groups excluding tert-OH is 7. The molecule has 0 aromatic carbocycles. The summed E-state index contributed by atoms with van der Waals surface area (Å²) in [6, 6.07) is 0. The molecule has 2 aliphatic heterocycles. The van der Waals surface area contributed by atoms with Gasteiger partial charge in [0.15, 0.2) is 12.6 Å². The number of allylic oxidation sites excluding steroid dienone is 2. The van der Waals surface area contributed by atoms with Crippen molar-refractivity contribution in [1.29, 1.82) is 0 Å². The number of carbonyl (C=O) groups excluding carboxylic acids is 1. The van der Waals surface area contributed by atoms with Crippen molar-refractivity contribution in [3.63, 3.8) is 0 Å². The van der Waals surface area contributed by atoms with Crippen LogP contribution >= 0.6 is 0 Å². The van der Waals surface area contributed by atoms with Crippen LogP contribution in [0.25, 0.3) is 0 Å². The van der Waals surface area contributed by atoms with Gasteiger partial charge in [-0.25, -0.2) is 0 Å². The molecule has 0 saturated carbocycles. The Hall–Kier alpha value is -1.27. The first-order valence-electron chi connectivity index (χ1n) is 21.3. The third kappa shape index (κ3) is 20.3. The molecule has 14 heteroatoms. The van der Waals surface area contributed by atoms with Crippen molar-refractivity contribution in [1.82, 2.24) is 0 Å². The van der Waals surface area contributed by atoms with Gasteiger partial charge in [-0.3, -0.25) is 4.79 Å². The van der Waals surface area contributed by atoms with E-state index >= 15 is 0 Å². The molecule has 55 heavy (non-hydrogen) atoms. The molecule has 2 aliphatic rings. The topological polar surface area (TPSA) is 214 Å². The van der Waals surface area contributed by atoms with Crippen molar-refractivity contribution in [3.05, 3.63) is 12.2 Å². The van der Waals surface area contributed by atoms with Crippen molar-refractivity contribution in [2.24, 2.45) is 0 Å². The lowest BCUT2D eigenvalue weighted by molar-refractivity contribution is -0.332. The smallest absolute Gasteiger partial charge is 0.306 e. The summed E-state index contributed by atoms with van der Waals surface area (Å²) >= 11 is 0. The Morgan fingerprint density at radius 2 is 1.07 bits per heavy atom. The maximum absolute atomic E-state index is 12.5. The Balaban J connectivity index is 1.66. The average molecular weight is 793 g/mol. The number of ether oxygens (including phenoxy) is 6. The minimum absolute atomic E-state index is 0.0585. The summed E-state index contributed by atoms with van der Waals surface area (Å²) < 4.78 is 33.7. The molecule has 0 aromatic heterocycles. The molecule has 0 spiro atoms. The molecule has 11 unspecified atom stereocenters. The van der Waals surface area contributed by atoms with Gasteiger partial charge in [-0.15, -0.1) is 0 Å². The standard InChI is InChI=1S/C41H76O14/c1-3-5-7-8-9-10-11-12-13-14-15-16-17-18-19-20-21-22-23-25-50-27-30(53-33(43)24-6-4-2)28-51-40-39(49)37(47)35(45)32(55-40)29-52-41-38(48)36(46)34(44)31(26-42)54-41/h13-14,30-32,34-42,44-49H,3-12,15-29H2,1-2H3/b14-13-. The Morgan fingerprint density at radius 1 is 0.582 bits per heavy atom. The zero-order valence-electron chi connectivity index (χ0n) is 33.7. The van der Waals surface area contributed by atoms with E-state index < -0.39 is 86.7 Å². The third-order valence-corrected chi connectivity index (χ3v) is 10.3. The minimum atomic E-state index is -1.70. The Morgan fingerprint density at radius 3 is 1.64 bits per heavy atom. The fraction of sp³-hybridized carbons (Fsp3) is 0.927.